The zero-order chi connectivity index (χ0) is 18.5. The van der Waals surface area contributed by atoms with E-state index in [1.165, 1.54) is 13.3 Å². The smallest absolute Gasteiger partial charge is 0.388 e. The molecule has 3 aromatic rings. The molecule has 0 saturated carbocycles. The number of rotatable bonds is 6. The number of ether oxygens (including phenoxy) is 2. The quantitative estimate of drug-likeness (QED) is 0.637. The van der Waals surface area contributed by atoms with Crippen molar-refractivity contribution in [2.45, 2.75) is 13.0 Å². The fourth-order valence-corrected chi connectivity index (χ4v) is 2.60. The number of hydrogen-bond acceptors (Lipinski definition) is 5. The molecule has 2 aromatic heterocycles. The summed E-state index contributed by atoms with van der Waals surface area (Å²) in [5.41, 5.74) is 2.68. The average molecular weight is 378 g/mol. The van der Waals surface area contributed by atoms with Gasteiger partial charge in [0.2, 0.25) is 5.88 Å². The van der Waals surface area contributed by atoms with Crippen molar-refractivity contribution >= 4 is 11.6 Å². The summed E-state index contributed by atoms with van der Waals surface area (Å²) in [6, 6.07) is 8.85. The highest BCUT2D eigenvalue weighted by Crippen LogP contribution is 2.32. The van der Waals surface area contributed by atoms with Crippen LogP contribution >= 0.6 is 11.6 Å². The second-order valence-electron chi connectivity index (χ2n) is 5.34. The summed E-state index contributed by atoms with van der Waals surface area (Å²) < 4.78 is 34.9. The molecule has 3 rings (SSSR count). The van der Waals surface area contributed by atoms with Gasteiger partial charge in [0.05, 0.1) is 7.11 Å². The van der Waals surface area contributed by atoms with Gasteiger partial charge in [-0.3, -0.25) is 0 Å². The first-order valence-corrected chi connectivity index (χ1v) is 7.97. The molecule has 0 N–H and O–H groups in total. The SMILES string of the molecule is COc1ncc(Cc2cnc(OC(F)F)c(-c3cccc(Cl)c3)c2)cn1. The van der Waals surface area contributed by atoms with Crippen LogP contribution in [-0.2, 0) is 6.42 Å². The molecule has 1 aromatic carbocycles. The van der Waals surface area contributed by atoms with Crippen LogP contribution in [0.25, 0.3) is 11.1 Å². The van der Waals surface area contributed by atoms with Crippen LogP contribution in [0.4, 0.5) is 8.78 Å². The number of aromatic nitrogens is 3. The Morgan fingerprint density at radius 3 is 2.42 bits per heavy atom. The van der Waals surface area contributed by atoms with E-state index in [1.807, 2.05) is 0 Å². The van der Waals surface area contributed by atoms with Crippen molar-refractivity contribution in [3.63, 3.8) is 0 Å². The molecule has 0 saturated heterocycles. The maximum Gasteiger partial charge on any atom is 0.388 e. The van der Waals surface area contributed by atoms with Crippen molar-refractivity contribution in [1.82, 2.24) is 15.0 Å². The van der Waals surface area contributed by atoms with E-state index >= 15 is 0 Å². The first kappa shape index (κ1) is 18.0. The van der Waals surface area contributed by atoms with Gasteiger partial charge in [-0.2, -0.15) is 8.78 Å². The maximum absolute atomic E-state index is 12.7. The van der Waals surface area contributed by atoms with Crippen molar-refractivity contribution in [1.29, 1.82) is 0 Å². The van der Waals surface area contributed by atoms with Crippen LogP contribution in [0.3, 0.4) is 0 Å². The van der Waals surface area contributed by atoms with Crippen LogP contribution in [-0.4, -0.2) is 28.7 Å². The van der Waals surface area contributed by atoms with Crippen LogP contribution < -0.4 is 9.47 Å². The standard InChI is InChI=1S/C18H14ClF2N3O2/c1-25-18-23-9-12(10-24-18)5-11-6-15(13-3-2-4-14(19)7-13)16(22-8-11)26-17(20)21/h2-4,6-10,17H,5H2,1H3. The van der Waals surface area contributed by atoms with Gasteiger partial charge in [-0.1, -0.05) is 23.7 Å². The van der Waals surface area contributed by atoms with Gasteiger partial charge >= 0.3 is 12.6 Å². The topological polar surface area (TPSA) is 57.1 Å². The third-order valence-corrected chi connectivity index (χ3v) is 3.75. The summed E-state index contributed by atoms with van der Waals surface area (Å²) in [6.07, 6.45) is 5.22. The largest absolute Gasteiger partial charge is 0.467 e. The Labute approximate surface area is 153 Å². The van der Waals surface area contributed by atoms with E-state index in [9.17, 15) is 8.78 Å². The number of hydrogen-bond donors (Lipinski definition) is 0. The summed E-state index contributed by atoms with van der Waals surface area (Å²) in [6.45, 7) is -2.97. The van der Waals surface area contributed by atoms with E-state index in [0.717, 1.165) is 11.1 Å². The van der Waals surface area contributed by atoms with Crippen molar-refractivity contribution < 1.29 is 18.3 Å². The predicted octanol–water partition coefficient (Wildman–Crippen LogP) is 4.39. The number of pyridine rings is 1. The van der Waals surface area contributed by atoms with Crippen molar-refractivity contribution in [2.24, 2.45) is 0 Å². The van der Waals surface area contributed by atoms with E-state index in [4.69, 9.17) is 16.3 Å². The van der Waals surface area contributed by atoms with E-state index in [-0.39, 0.29) is 11.9 Å². The molecule has 0 aliphatic rings. The Bertz CT molecular complexity index is 892. The molecule has 0 radical (unpaired) electrons. The fraction of sp³-hybridized carbons (Fsp3) is 0.167. The van der Waals surface area contributed by atoms with Crippen molar-refractivity contribution in [3.05, 3.63) is 65.1 Å². The Balaban J connectivity index is 1.95. The molecule has 0 aliphatic carbocycles. The summed E-state index contributed by atoms with van der Waals surface area (Å²) in [7, 11) is 1.48. The summed E-state index contributed by atoms with van der Waals surface area (Å²) in [5.74, 6) is -0.156. The monoisotopic (exact) mass is 377 g/mol. The molecule has 0 unspecified atom stereocenters. The summed E-state index contributed by atoms with van der Waals surface area (Å²) in [5, 5.41) is 0.486. The minimum atomic E-state index is -2.97. The molecule has 0 fully saturated rings. The van der Waals surface area contributed by atoms with Gasteiger partial charge in [0.25, 0.3) is 0 Å². The van der Waals surface area contributed by atoms with Gasteiger partial charge in [0.15, 0.2) is 0 Å². The van der Waals surface area contributed by atoms with Crippen molar-refractivity contribution in [2.75, 3.05) is 7.11 Å². The van der Waals surface area contributed by atoms with Gasteiger partial charge in [0.1, 0.15) is 0 Å². The Morgan fingerprint density at radius 1 is 1.04 bits per heavy atom. The molecule has 5 nitrogen and oxygen atoms in total. The second-order valence-corrected chi connectivity index (χ2v) is 5.78. The molecule has 0 atom stereocenters. The third-order valence-electron chi connectivity index (χ3n) is 3.52. The highest BCUT2D eigenvalue weighted by Gasteiger charge is 2.14. The first-order chi connectivity index (χ1) is 12.5. The lowest BCUT2D eigenvalue weighted by Crippen LogP contribution is -2.06. The van der Waals surface area contributed by atoms with Gasteiger partial charge in [0, 0.05) is 35.6 Å². The van der Waals surface area contributed by atoms with E-state index in [2.05, 4.69) is 19.7 Å². The normalized spacial score (nSPS) is 10.8. The van der Waals surface area contributed by atoms with Crippen LogP contribution in [0.2, 0.25) is 5.02 Å². The van der Waals surface area contributed by atoms with Crippen molar-refractivity contribution in [3.8, 4) is 23.0 Å². The molecule has 0 amide bonds. The number of halogens is 3. The van der Waals surface area contributed by atoms with Crippen LogP contribution in [0.5, 0.6) is 11.9 Å². The van der Waals surface area contributed by atoms with Gasteiger partial charge in [-0.25, -0.2) is 15.0 Å². The summed E-state index contributed by atoms with van der Waals surface area (Å²) >= 11 is 6.01. The lowest BCUT2D eigenvalue weighted by Gasteiger charge is -2.12. The Morgan fingerprint density at radius 2 is 1.77 bits per heavy atom. The number of methoxy groups -OCH3 is 1. The lowest BCUT2D eigenvalue weighted by atomic mass is 10.0. The zero-order valence-electron chi connectivity index (χ0n) is 13.7. The average Bonchev–Trinajstić information content (AvgIpc) is 2.63. The van der Waals surface area contributed by atoms with E-state index in [1.54, 1.807) is 42.7 Å². The van der Waals surface area contributed by atoms with E-state index < -0.39 is 6.61 Å². The lowest BCUT2D eigenvalue weighted by molar-refractivity contribution is -0.0524. The fourth-order valence-electron chi connectivity index (χ4n) is 2.41. The molecule has 0 bridgehead atoms. The summed E-state index contributed by atoms with van der Waals surface area (Å²) in [4.78, 5) is 12.1. The molecular weight excluding hydrogens is 364 g/mol. The van der Waals surface area contributed by atoms with Gasteiger partial charge < -0.3 is 9.47 Å². The minimum absolute atomic E-state index is 0.156. The first-order valence-electron chi connectivity index (χ1n) is 7.59. The molecule has 0 spiro atoms. The third kappa shape index (κ3) is 4.43. The minimum Gasteiger partial charge on any atom is -0.467 e. The zero-order valence-corrected chi connectivity index (χ0v) is 14.5. The molecular formula is C18H14ClF2N3O2. The predicted molar refractivity (Wildman–Crippen MR) is 92.7 cm³/mol. The number of alkyl halides is 2. The van der Waals surface area contributed by atoms with Crippen LogP contribution in [0.1, 0.15) is 11.1 Å². The van der Waals surface area contributed by atoms with E-state index in [0.29, 0.717) is 22.6 Å². The maximum atomic E-state index is 12.7. The van der Waals surface area contributed by atoms with Crippen LogP contribution in [0, 0.1) is 0 Å². The molecule has 26 heavy (non-hydrogen) atoms. The number of nitrogens with zero attached hydrogens (tertiary/aromatic N) is 3. The Kier molecular flexibility index (Phi) is 5.58. The van der Waals surface area contributed by atoms with Crippen LogP contribution in [0.15, 0.2) is 48.9 Å². The highest BCUT2D eigenvalue weighted by atomic mass is 35.5. The van der Waals surface area contributed by atoms with Gasteiger partial charge in [-0.15, -0.1) is 0 Å². The molecule has 8 heteroatoms. The molecule has 0 aliphatic heterocycles. The van der Waals surface area contributed by atoms with Gasteiger partial charge in [-0.05, 0) is 34.9 Å². The molecule has 134 valence electrons. The Hall–Kier alpha value is -2.80. The highest BCUT2D eigenvalue weighted by molar-refractivity contribution is 6.30. The molecule has 2 heterocycles. The second kappa shape index (κ2) is 8.05. The number of benzene rings is 1.